The van der Waals surface area contributed by atoms with Crippen molar-refractivity contribution in [3.05, 3.63) is 23.5 Å². The van der Waals surface area contributed by atoms with Crippen LogP contribution in [0, 0.1) is 6.92 Å². The van der Waals surface area contributed by atoms with Gasteiger partial charge in [-0.2, -0.15) is 0 Å². The molecule has 0 saturated carbocycles. The van der Waals surface area contributed by atoms with Crippen LogP contribution in [-0.2, 0) is 11.3 Å². The summed E-state index contributed by atoms with van der Waals surface area (Å²) in [4.78, 5) is 4.54. The number of unbranched alkanes of at least 4 members (excludes halogenated alkanes) is 3. The highest BCUT2D eigenvalue weighted by Gasteiger charge is 2.05. The van der Waals surface area contributed by atoms with Crippen molar-refractivity contribution in [3.8, 4) is 5.75 Å². The van der Waals surface area contributed by atoms with Gasteiger partial charge in [-0.25, -0.2) is 0 Å². The molecule has 21 heavy (non-hydrogen) atoms. The highest BCUT2D eigenvalue weighted by Crippen LogP contribution is 2.17. The Balaban J connectivity index is 2.37. The lowest BCUT2D eigenvalue weighted by atomic mass is 10.2. The van der Waals surface area contributed by atoms with Gasteiger partial charge in [-0.1, -0.05) is 6.42 Å². The third-order valence-electron chi connectivity index (χ3n) is 3.16. The molecule has 0 fully saturated rings. The predicted molar refractivity (Wildman–Crippen MR) is 83.6 cm³/mol. The maximum absolute atomic E-state index is 8.73. The van der Waals surface area contributed by atoms with Gasteiger partial charge in [0, 0.05) is 32.5 Å². The van der Waals surface area contributed by atoms with E-state index < -0.39 is 0 Å². The lowest BCUT2D eigenvalue weighted by Crippen LogP contribution is -2.20. The van der Waals surface area contributed by atoms with Gasteiger partial charge in [0.2, 0.25) is 0 Å². The third-order valence-corrected chi connectivity index (χ3v) is 3.16. The fourth-order valence-corrected chi connectivity index (χ4v) is 1.99. The first-order valence-corrected chi connectivity index (χ1v) is 7.67. The van der Waals surface area contributed by atoms with Crippen molar-refractivity contribution in [1.82, 2.24) is 10.3 Å². The van der Waals surface area contributed by atoms with Crippen molar-refractivity contribution >= 4 is 0 Å². The number of aryl methyl sites for hydroxylation is 1. The predicted octanol–water partition coefficient (Wildman–Crippen LogP) is 2.06. The van der Waals surface area contributed by atoms with Gasteiger partial charge in [0.15, 0.2) is 0 Å². The molecule has 1 aromatic heterocycles. The summed E-state index contributed by atoms with van der Waals surface area (Å²) in [5.41, 5.74) is 1.94. The zero-order valence-corrected chi connectivity index (χ0v) is 13.2. The fraction of sp³-hybridized carbons (Fsp3) is 0.688. The minimum absolute atomic E-state index is 0.278. The van der Waals surface area contributed by atoms with E-state index in [1.54, 1.807) is 7.11 Å². The minimum Gasteiger partial charge on any atom is -0.492 e. The number of nitrogens with zero attached hydrogens (tertiary/aromatic N) is 1. The lowest BCUT2D eigenvalue weighted by molar-refractivity contribution is 0.198. The average Bonchev–Trinajstić information content (AvgIpc) is 2.49. The normalized spacial score (nSPS) is 10.8. The van der Waals surface area contributed by atoms with Crippen molar-refractivity contribution in [3.63, 3.8) is 0 Å². The largest absolute Gasteiger partial charge is 0.492 e. The molecular formula is C16H28N2O3. The molecule has 1 aromatic rings. The molecule has 0 aromatic carbocycles. The standard InChI is InChI=1S/C16H28N2O3/c1-14-7-8-16(21-11-6-4-3-5-10-19)15(18-14)13-17-9-12-20-2/h7-8,17,19H,3-6,9-13H2,1-2H3. The number of hydrogen-bond acceptors (Lipinski definition) is 5. The van der Waals surface area contributed by atoms with Gasteiger partial charge >= 0.3 is 0 Å². The Hall–Kier alpha value is -1.17. The van der Waals surface area contributed by atoms with E-state index in [1.807, 2.05) is 19.1 Å². The molecule has 0 amide bonds. The van der Waals surface area contributed by atoms with Gasteiger partial charge < -0.3 is 19.9 Å². The van der Waals surface area contributed by atoms with Crippen LogP contribution < -0.4 is 10.1 Å². The third kappa shape index (κ3) is 7.99. The molecule has 0 aliphatic heterocycles. The van der Waals surface area contributed by atoms with Crippen LogP contribution in [0.4, 0.5) is 0 Å². The van der Waals surface area contributed by atoms with Crippen LogP contribution >= 0.6 is 0 Å². The van der Waals surface area contributed by atoms with E-state index in [2.05, 4.69) is 10.3 Å². The van der Waals surface area contributed by atoms with Crippen molar-refractivity contribution in [2.75, 3.05) is 33.5 Å². The van der Waals surface area contributed by atoms with Crippen LogP contribution in [0.3, 0.4) is 0 Å². The van der Waals surface area contributed by atoms with Crippen molar-refractivity contribution in [2.24, 2.45) is 0 Å². The topological polar surface area (TPSA) is 63.6 Å². The molecule has 0 saturated heterocycles. The van der Waals surface area contributed by atoms with Gasteiger partial charge in [0.25, 0.3) is 0 Å². The second-order valence-electron chi connectivity index (χ2n) is 5.05. The van der Waals surface area contributed by atoms with Crippen LogP contribution in [0.1, 0.15) is 37.1 Å². The number of ether oxygens (including phenoxy) is 2. The molecule has 0 bridgehead atoms. The number of pyridine rings is 1. The number of nitrogens with one attached hydrogen (secondary N) is 1. The van der Waals surface area contributed by atoms with Crippen molar-refractivity contribution < 1.29 is 14.6 Å². The molecule has 120 valence electrons. The van der Waals surface area contributed by atoms with Gasteiger partial charge in [0.05, 0.1) is 18.9 Å². The quantitative estimate of drug-likeness (QED) is 0.578. The molecular weight excluding hydrogens is 268 g/mol. The zero-order chi connectivity index (χ0) is 15.3. The second-order valence-corrected chi connectivity index (χ2v) is 5.05. The molecule has 1 heterocycles. The number of methoxy groups -OCH3 is 1. The van der Waals surface area contributed by atoms with Crippen molar-refractivity contribution in [2.45, 2.75) is 39.2 Å². The molecule has 0 spiro atoms. The monoisotopic (exact) mass is 296 g/mol. The SMILES string of the molecule is COCCNCc1nc(C)ccc1OCCCCCCO. The van der Waals surface area contributed by atoms with E-state index in [0.29, 0.717) is 19.8 Å². The Morgan fingerprint density at radius 2 is 1.95 bits per heavy atom. The first-order chi connectivity index (χ1) is 10.3. The molecule has 0 aliphatic carbocycles. The van der Waals surface area contributed by atoms with Gasteiger partial charge in [0.1, 0.15) is 5.75 Å². The van der Waals surface area contributed by atoms with Gasteiger partial charge in [-0.05, 0) is 38.3 Å². The van der Waals surface area contributed by atoms with E-state index in [0.717, 1.165) is 49.4 Å². The number of rotatable bonds is 12. The first kappa shape index (κ1) is 17.9. The molecule has 1 rings (SSSR count). The molecule has 2 N–H and O–H groups in total. The number of aromatic nitrogens is 1. The second kappa shape index (κ2) is 11.5. The van der Waals surface area contributed by atoms with Gasteiger partial charge in [-0.3, -0.25) is 4.98 Å². The summed E-state index contributed by atoms with van der Waals surface area (Å²) in [6.45, 7) is 5.13. The maximum Gasteiger partial charge on any atom is 0.142 e. The van der Waals surface area contributed by atoms with E-state index in [1.165, 1.54) is 0 Å². The summed E-state index contributed by atoms with van der Waals surface area (Å²) in [5.74, 6) is 0.854. The number of hydrogen-bond donors (Lipinski definition) is 2. The van der Waals surface area contributed by atoms with E-state index >= 15 is 0 Å². The lowest BCUT2D eigenvalue weighted by Gasteiger charge is -2.12. The van der Waals surface area contributed by atoms with Crippen LogP contribution in [-0.4, -0.2) is 43.6 Å². The summed E-state index contributed by atoms with van der Waals surface area (Å²) < 4.78 is 10.8. The zero-order valence-electron chi connectivity index (χ0n) is 13.2. The summed E-state index contributed by atoms with van der Waals surface area (Å²) in [6.07, 6.45) is 4.02. The highest BCUT2D eigenvalue weighted by atomic mass is 16.5. The minimum atomic E-state index is 0.278. The van der Waals surface area contributed by atoms with Crippen molar-refractivity contribution in [1.29, 1.82) is 0 Å². The Morgan fingerprint density at radius 3 is 2.71 bits per heavy atom. The van der Waals surface area contributed by atoms with E-state index in [-0.39, 0.29) is 6.61 Å². The maximum atomic E-state index is 8.73. The first-order valence-electron chi connectivity index (χ1n) is 7.67. The average molecular weight is 296 g/mol. The molecule has 0 atom stereocenters. The van der Waals surface area contributed by atoms with E-state index in [4.69, 9.17) is 14.6 Å². The number of aliphatic hydroxyl groups is 1. The fourth-order valence-electron chi connectivity index (χ4n) is 1.99. The summed E-state index contributed by atoms with van der Waals surface area (Å²) in [5, 5.41) is 12.0. The molecule has 5 heteroatoms. The van der Waals surface area contributed by atoms with Crippen LogP contribution in [0.2, 0.25) is 0 Å². The van der Waals surface area contributed by atoms with Crippen LogP contribution in [0.15, 0.2) is 12.1 Å². The summed E-state index contributed by atoms with van der Waals surface area (Å²) in [7, 11) is 1.69. The molecule has 0 radical (unpaired) electrons. The van der Waals surface area contributed by atoms with Gasteiger partial charge in [-0.15, -0.1) is 0 Å². The molecule has 0 unspecified atom stereocenters. The molecule has 0 aliphatic rings. The summed E-state index contributed by atoms with van der Waals surface area (Å²) in [6, 6.07) is 3.96. The van der Waals surface area contributed by atoms with Crippen LogP contribution in [0.5, 0.6) is 5.75 Å². The van der Waals surface area contributed by atoms with E-state index in [9.17, 15) is 0 Å². The Kier molecular flexibility index (Phi) is 9.78. The Morgan fingerprint density at radius 1 is 1.14 bits per heavy atom. The summed E-state index contributed by atoms with van der Waals surface area (Å²) >= 11 is 0. The Bertz CT molecular complexity index is 386. The highest BCUT2D eigenvalue weighted by molar-refractivity contribution is 5.29. The molecule has 5 nitrogen and oxygen atoms in total. The smallest absolute Gasteiger partial charge is 0.142 e. The Labute approximate surface area is 127 Å². The number of aliphatic hydroxyl groups excluding tert-OH is 1. The van der Waals surface area contributed by atoms with Crippen LogP contribution in [0.25, 0.3) is 0 Å².